The zero-order valence-electron chi connectivity index (χ0n) is 15.8. The van der Waals surface area contributed by atoms with Crippen molar-refractivity contribution >= 4 is 28.7 Å². The Hall–Kier alpha value is -3.39. The van der Waals surface area contributed by atoms with E-state index in [-0.39, 0.29) is 16.9 Å². The van der Waals surface area contributed by atoms with E-state index in [1.165, 1.54) is 23.4 Å². The van der Waals surface area contributed by atoms with Crippen molar-refractivity contribution < 1.29 is 4.79 Å². The Morgan fingerprint density at radius 2 is 1.59 bits per heavy atom. The van der Waals surface area contributed by atoms with Gasteiger partial charge in [-0.3, -0.25) is 18.7 Å². The van der Waals surface area contributed by atoms with Crippen molar-refractivity contribution in [1.29, 1.82) is 0 Å². The number of carbonyl (C=O) groups is 1. The van der Waals surface area contributed by atoms with Crippen molar-refractivity contribution in [3.63, 3.8) is 0 Å². The van der Waals surface area contributed by atoms with E-state index in [9.17, 15) is 14.4 Å². The summed E-state index contributed by atoms with van der Waals surface area (Å²) in [7, 11) is 2.98. The molecule has 4 rings (SSSR count). The van der Waals surface area contributed by atoms with E-state index in [0.29, 0.717) is 10.7 Å². The van der Waals surface area contributed by atoms with Crippen molar-refractivity contribution in [2.24, 2.45) is 14.1 Å². The van der Waals surface area contributed by atoms with Crippen molar-refractivity contribution in [1.82, 2.24) is 19.1 Å². The number of rotatable bonds is 5. The minimum Gasteiger partial charge on any atom is -0.327 e. The number of Topliss-reactive ketones (excluding diaryl/α,β-unsaturated/α-hetero) is 1. The molecule has 7 nitrogen and oxygen atoms in total. The Balaban J connectivity index is 1.80. The molecule has 2 aromatic heterocycles. The van der Waals surface area contributed by atoms with Gasteiger partial charge in [-0.1, -0.05) is 72.4 Å². The summed E-state index contributed by atoms with van der Waals surface area (Å²) in [5.41, 5.74) is 1.01. The largest absolute Gasteiger partial charge is 0.332 e. The molecule has 0 saturated heterocycles. The first-order valence-corrected chi connectivity index (χ1v) is 9.82. The second kappa shape index (κ2) is 7.56. The van der Waals surface area contributed by atoms with Crippen molar-refractivity contribution in [2.75, 3.05) is 0 Å². The summed E-state index contributed by atoms with van der Waals surface area (Å²) >= 11 is 1.22. The van der Waals surface area contributed by atoms with Gasteiger partial charge in [-0.15, -0.1) is 0 Å². The molecule has 0 aliphatic rings. The van der Waals surface area contributed by atoms with Gasteiger partial charge in [0.1, 0.15) is 5.25 Å². The minimum atomic E-state index is -0.556. The zero-order chi connectivity index (χ0) is 20.5. The first-order valence-electron chi connectivity index (χ1n) is 8.94. The van der Waals surface area contributed by atoms with Crippen LogP contribution in [-0.4, -0.2) is 24.9 Å². The summed E-state index contributed by atoms with van der Waals surface area (Å²) < 4.78 is 2.34. The van der Waals surface area contributed by atoms with E-state index in [1.54, 1.807) is 19.2 Å². The molecule has 2 aromatic carbocycles. The highest BCUT2D eigenvalue weighted by Crippen LogP contribution is 2.36. The number of imidazole rings is 1. The van der Waals surface area contributed by atoms with Crippen LogP contribution in [0.3, 0.4) is 0 Å². The van der Waals surface area contributed by atoms with Gasteiger partial charge in [0.25, 0.3) is 5.56 Å². The van der Waals surface area contributed by atoms with Crippen LogP contribution in [0.2, 0.25) is 0 Å². The molecular formula is C21H18N4O3S. The van der Waals surface area contributed by atoms with Crippen LogP contribution < -0.4 is 11.2 Å². The average molecular weight is 406 g/mol. The molecule has 0 radical (unpaired) electrons. The lowest BCUT2D eigenvalue weighted by Gasteiger charge is -2.14. The highest BCUT2D eigenvalue weighted by molar-refractivity contribution is 8.00. The van der Waals surface area contributed by atoms with Crippen molar-refractivity contribution in [2.45, 2.75) is 10.4 Å². The average Bonchev–Trinajstić information content (AvgIpc) is 3.19. The number of carbonyl (C=O) groups excluding carboxylic acids is 1. The van der Waals surface area contributed by atoms with E-state index >= 15 is 0 Å². The number of H-pyrrole nitrogens is 1. The van der Waals surface area contributed by atoms with E-state index in [0.717, 1.165) is 10.1 Å². The predicted octanol–water partition coefficient (Wildman–Crippen LogP) is 2.68. The van der Waals surface area contributed by atoms with Crippen molar-refractivity contribution in [3.05, 3.63) is 92.6 Å². The van der Waals surface area contributed by atoms with Gasteiger partial charge >= 0.3 is 5.69 Å². The number of aromatic nitrogens is 4. The van der Waals surface area contributed by atoms with Gasteiger partial charge in [-0.05, 0) is 5.56 Å². The lowest BCUT2D eigenvalue weighted by Crippen LogP contribution is -2.36. The summed E-state index contributed by atoms with van der Waals surface area (Å²) in [6, 6.07) is 18.5. The maximum absolute atomic E-state index is 13.2. The second-order valence-corrected chi connectivity index (χ2v) is 7.68. The Bertz CT molecular complexity index is 1310. The number of aromatic amines is 1. The number of ketones is 1. The first-order chi connectivity index (χ1) is 14.0. The summed E-state index contributed by atoms with van der Waals surface area (Å²) in [5, 5.41) is -0.156. The monoisotopic (exact) mass is 406 g/mol. The Kier molecular flexibility index (Phi) is 4.94. The number of aryl methyl sites for hydroxylation is 1. The van der Waals surface area contributed by atoms with Crippen LogP contribution in [-0.2, 0) is 14.1 Å². The highest BCUT2D eigenvalue weighted by Gasteiger charge is 2.25. The van der Waals surface area contributed by atoms with Crippen LogP contribution in [0, 0.1) is 0 Å². The third kappa shape index (κ3) is 3.42. The fourth-order valence-corrected chi connectivity index (χ4v) is 4.19. The van der Waals surface area contributed by atoms with Gasteiger partial charge in [0.15, 0.2) is 22.1 Å². The maximum Gasteiger partial charge on any atom is 0.332 e. The molecule has 0 saturated carbocycles. The smallest absolute Gasteiger partial charge is 0.327 e. The fourth-order valence-electron chi connectivity index (χ4n) is 3.13. The highest BCUT2D eigenvalue weighted by atomic mass is 32.2. The van der Waals surface area contributed by atoms with E-state index in [4.69, 9.17) is 0 Å². The molecule has 0 aliphatic heterocycles. The fraction of sp³-hybridized carbons (Fsp3) is 0.143. The molecule has 4 aromatic rings. The number of hydrogen-bond acceptors (Lipinski definition) is 5. The number of thioether (sulfide) groups is 1. The molecule has 29 heavy (non-hydrogen) atoms. The molecule has 1 atom stereocenters. The lowest BCUT2D eigenvalue weighted by atomic mass is 10.0. The molecule has 8 heteroatoms. The van der Waals surface area contributed by atoms with Gasteiger partial charge in [0.05, 0.1) is 0 Å². The van der Waals surface area contributed by atoms with Gasteiger partial charge in [0, 0.05) is 19.7 Å². The number of nitrogens with one attached hydrogen (secondary N) is 1. The normalized spacial score (nSPS) is 12.2. The van der Waals surface area contributed by atoms with E-state index in [1.807, 2.05) is 48.5 Å². The molecule has 146 valence electrons. The number of hydrogen-bond donors (Lipinski definition) is 1. The second-order valence-electron chi connectivity index (χ2n) is 6.59. The topological polar surface area (TPSA) is 89.8 Å². The van der Waals surface area contributed by atoms with Gasteiger partial charge < -0.3 is 4.98 Å². The van der Waals surface area contributed by atoms with Crippen LogP contribution in [0.15, 0.2) is 75.4 Å². The molecule has 0 fully saturated rings. The molecule has 1 N–H and O–H groups in total. The number of fused-ring (bicyclic) bond motifs is 1. The Morgan fingerprint density at radius 3 is 2.24 bits per heavy atom. The maximum atomic E-state index is 13.2. The van der Waals surface area contributed by atoms with Crippen LogP contribution in [0.1, 0.15) is 21.2 Å². The summed E-state index contributed by atoms with van der Waals surface area (Å²) in [5.74, 6) is -0.0657. The molecule has 2 heterocycles. The molecule has 0 aliphatic carbocycles. The molecule has 0 spiro atoms. The standard InChI is InChI=1S/C21H18N4O3S/c1-24-18-15(19(27)25(2)21(24)28)22-20(23-18)29-17(14-11-7-4-8-12-14)16(26)13-9-5-3-6-10-13/h3-12,17H,1-2H3,(H,22,23)/t17-/m1/s1. The van der Waals surface area contributed by atoms with Gasteiger partial charge in [-0.2, -0.15) is 0 Å². The summed E-state index contributed by atoms with van der Waals surface area (Å²) in [6.45, 7) is 0. The first kappa shape index (κ1) is 18.9. The van der Waals surface area contributed by atoms with Crippen molar-refractivity contribution in [3.8, 4) is 0 Å². The number of benzene rings is 2. The molecule has 0 amide bonds. The van der Waals surface area contributed by atoms with Gasteiger partial charge in [0.2, 0.25) is 0 Å². The Labute approximate surface area is 170 Å². The summed E-state index contributed by atoms with van der Waals surface area (Å²) in [4.78, 5) is 45.2. The minimum absolute atomic E-state index is 0.0657. The number of nitrogens with zero attached hydrogens (tertiary/aromatic N) is 3. The molecular weight excluding hydrogens is 388 g/mol. The zero-order valence-corrected chi connectivity index (χ0v) is 16.6. The summed E-state index contributed by atoms with van der Waals surface area (Å²) in [6.07, 6.45) is 0. The van der Waals surface area contributed by atoms with Crippen LogP contribution >= 0.6 is 11.8 Å². The van der Waals surface area contributed by atoms with Crippen LogP contribution in [0.25, 0.3) is 11.2 Å². The molecule has 0 bridgehead atoms. The van der Waals surface area contributed by atoms with Gasteiger partial charge in [-0.25, -0.2) is 9.78 Å². The SMILES string of the molecule is Cn1c(=O)c2[nH]c(S[C@@H](C(=O)c3ccccc3)c3ccccc3)nc2n(C)c1=O. The van der Waals surface area contributed by atoms with E-state index < -0.39 is 16.5 Å². The predicted molar refractivity (Wildman–Crippen MR) is 112 cm³/mol. The lowest BCUT2D eigenvalue weighted by molar-refractivity contribution is 0.0989. The molecule has 0 unspecified atom stereocenters. The van der Waals surface area contributed by atoms with E-state index in [2.05, 4.69) is 9.97 Å². The third-order valence-corrected chi connectivity index (χ3v) is 5.84. The third-order valence-electron chi connectivity index (χ3n) is 4.70. The van der Waals surface area contributed by atoms with Crippen LogP contribution in [0.4, 0.5) is 0 Å². The Morgan fingerprint density at radius 1 is 0.966 bits per heavy atom. The van der Waals surface area contributed by atoms with Crippen LogP contribution in [0.5, 0.6) is 0 Å². The quantitative estimate of drug-likeness (QED) is 0.407.